The van der Waals surface area contributed by atoms with Crippen molar-refractivity contribution in [1.82, 2.24) is 9.59 Å². The topological polar surface area (TPSA) is 54.9 Å². The van der Waals surface area contributed by atoms with Crippen LogP contribution in [0.4, 0.5) is 5.69 Å². The lowest BCUT2D eigenvalue weighted by Gasteiger charge is -2.04. The summed E-state index contributed by atoms with van der Waals surface area (Å²) in [6.45, 7) is 4.06. The molecule has 5 heteroatoms. The molecule has 0 spiro atoms. The maximum Gasteiger partial charge on any atom is 0.269 e. The highest BCUT2D eigenvalue weighted by molar-refractivity contribution is 7.08. The number of hydrogen-bond acceptors (Lipinski definition) is 4. The monoisotopic (exact) mass is 261 g/mol. The van der Waals surface area contributed by atoms with Gasteiger partial charge >= 0.3 is 0 Å². The highest BCUT2D eigenvalue weighted by Gasteiger charge is 2.14. The number of nitrogens with one attached hydrogen (secondary N) is 1. The van der Waals surface area contributed by atoms with Crippen molar-refractivity contribution in [2.75, 3.05) is 5.32 Å². The van der Waals surface area contributed by atoms with Crippen molar-refractivity contribution in [1.29, 1.82) is 0 Å². The maximum atomic E-state index is 12.0. The number of aromatic nitrogens is 2. The third-order valence-electron chi connectivity index (χ3n) is 2.72. The van der Waals surface area contributed by atoms with Crippen LogP contribution in [-0.2, 0) is 12.8 Å². The van der Waals surface area contributed by atoms with Crippen LogP contribution in [0.25, 0.3) is 0 Å². The van der Waals surface area contributed by atoms with Crippen molar-refractivity contribution in [3.8, 4) is 0 Å². The summed E-state index contributed by atoms with van der Waals surface area (Å²) < 4.78 is 3.81. The number of carbonyl (C=O) groups excluding carboxylic acids is 1. The van der Waals surface area contributed by atoms with Gasteiger partial charge in [0.25, 0.3) is 5.91 Å². The standard InChI is InChI=1S/C13H15N3OS/c1-3-9-5-7-10(8-6-9)14-13(17)12-11(4-2)15-16-18-12/h5-8H,3-4H2,1-2H3,(H,14,17). The van der Waals surface area contributed by atoms with E-state index in [1.54, 1.807) is 0 Å². The minimum absolute atomic E-state index is 0.133. The molecule has 1 aromatic carbocycles. The van der Waals surface area contributed by atoms with E-state index in [1.165, 1.54) is 5.56 Å². The van der Waals surface area contributed by atoms with Gasteiger partial charge in [-0.2, -0.15) is 0 Å². The van der Waals surface area contributed by atoms with Crippen LogP contribution in [0.1, 0.15) is 34.8 Å². The average molecular weight is 261 g/mol. The molecule has 1 heterocycles. The van der Waals surface area contributed by atoms with Crippen molar-refractivity contribution >= 4 is 23.1 Å². The fraction of sp³-hybridized carbons (Fsp3) is 0.308. The Balaban J connectivity index is 2.11. The van der Waals surface area contributed by atoms with Gasteiger partial charge in [0.15, 0.2) is 0 Å². The molecule has 1 aromatic heterocycles. The van der Waals surface area contributed by atoms with Crippen molar-refractivity contribution < 1.29 is 4.79 Å². The smallest absolute Gasteiger partial charge is 0.269 e. The van der Waals surface area contributed by atoms with E-state index in [-0.39, 0.29) is 5.91 Å². The van der Waals surface area contributed by atoms with E-state index in [0.717, 1.165) is 29.3 Å². The van der Waals surface area contributed by atoms with Gasteiger partial charge in [-0.1, -0.05) is 30.5 Å². The molecule has 1 N–H and O–H groups in total. The van der Waals surface area contributed by atoms with Gasteiger partial charge in [0, 0.05) is 5.69 Å². The lowest BCUT2D eigenvalue weighted by Crippen LogP contribution is -2.12. The Morgan fingerprint density at radius 2 is 1.94 bits per heavy atom. The van der Waals surface area contributed by atoms with Crippen molar-refractivity contribution in [2.24, 2.45) is 0 Å². The Hall–Kier alpha value is -1.75. The number of benzene rings is 1. The van der Waals surface area contributed by atoms with Gasteiger partial charge in [-0.25, -0.2) is 0 Å². The zero-order valence-electron chi connectivity index (χ0n) is 10.4. The van der Waals surface area contributed by atoms with Gasteiger partial charge in [0.05, 0.1) is 5.69 Å². The lowest BCUT2D eigenvalue weighted by molar-refractivity contribution is 0.102. The zero-order valence-corrected chi connectivity index (χ0v) is 11.3. The zero-order chi connectivity index (χ0) is 13.0. The minimum atomic E-state index is -0.133. The fourth-order valence-corrected chi connectivity index (χ4v) is 2.27. The summed E-state index contributed by atoms with van der Waals surface area (Å²) in [6, 6.07) is 7.86. The number of anilines is 1. The molecule has 0 saturated heterocycles. The Bertz CT molecular complexity index is 533. The summed E-state index contributed by atoms with van der Waals surface area (Å²) >= 11 is 1.14. The molecule has 0 atom stereocenters. The number of hydrogen-bond donors (Lipinski definition) is 1. The molecule has 0 fully saturated rings. The normalized spacial score (nSPS) is 10.3. The third kappa shape index (κ3) is 2.73. The highest BCUT2D eigenvalue weighted by atomic mass is 32.1. The van der Waals surface area contributed by atoms with Crippen LogP contribution in [0.2, 0.25) is 0 Å². The van der Waals surface area contributed by atoms with Gasteiger partial charge in [-0.3, -0.25) is 4.79 Å². The lowest BCUT2D eigenvalue weighted by atomic mass is 10.1. The molecule has 0 aliphatic heterocycles. The summed E-state index contributed by atoms with van der Waals surface area (Å²) in [5.41, 5.74) is 2.80. The molecule has 1 amide bonds. The highest BCUT2D eigenvalue weighted by Crippen LogP contribution is 2.15. The van der Waals surface area contributed by atoms with E-state index in [4.69, 9.17) is 0 Å². The first-order chi connectivity index (χ1) is 8.74. The summed E-state index contributed by atoms with van der Waals surface area (Å²) in [5, 5.41) is 6.79. The molecule has 0 saturated carbocycles. The second kappa shape index (κ2) is 5.73. The molecule has 0 radical (unpaired) electrons. The first-order valence-corrected chi connectivity index (χ1v) is 6.73. The molecule has 0 bridgehead atoms. The summed E-state index contributed by atoms with van der Waals surface area (Å²) in [4.78, 5) is 12.6. The maximum absolute atomic E-state index is 12.0. The Morgan fingerprint density at radius 1 is 1.22 bits per heavy atom. The van der Waals surface area contributed by atoms with E-state index in [0.29, 0.717) is 11.3 Å². The minimum Gasteiger partial charge on any atom is -0.321 e. The number of amides is 1. The molecule has 18 heavy (non-hydrogen) atoms. The molecule has 0 aliphatic rings. The number of carbonyl (C=O) groups is 1. The van der Waals surface area contributed by atoms with E-state index in [2.05, 4.69) is 21.8 Å². The van der Waals surface area contributed by atoms with Gasteiger partial charge in [-0.05, 0) is 42.1 Å². The average Bonchev–Trinajstić information content (AvgIpc) is 2.88. The van der Waals surface area contributed by atoms with Crippen LogP contribution in [0.3, 0.4) is 0 Å². The first kappa shape index (κ1) is 12.7. The van der Waals surface area contributed by atoms with Crippen molar-refractivity contribution in [2.45, 2.75) is 26.7 Å². The van der Waals surface area contributed by atoms with E-state index >= 15 is 0 Å². The van der Waals surface area contributed by atoms with E-state index in [9.17, 15) is 4.79 Å². The summed E-state index contributed by atoms with van der Waals surface area (Å²) in [7, 11) is 0. The van der Waals surface area contributed by atoms with Crippen LogP contribution in [-0.4, -0.2) is 15.5 Å². The largest absolute Gasteiger partial charge is 0.321 e. The van der Waals surface area contributed by atoms with Crippen LogP contribution in [0, 0.1) is 0 Å². The van der Waals surface area contributed by atoms with Gasteiger partial charge in [0.2, 0.25) is 0 Å². The molecule has 0 aliphatic carbocycles. The Morgan fingerprint density at radius 3 is 2.56 bits per heavy atom. The first-order valence-electron chi connectivity index (χ1n) is 5.96. The predicted molar refractivity (Wildman–Crippen MR) is 73.1 cm³/mol. The fourth-order valence-electron chi connectivity index (χ4n) is 1.62. The van der Waals surface area contributed by atoms with Crippen LogP contribution in [0.15, 0.2) is 24.3 Å². The van der Waals surface area contributed by atoms with Crippen LogP contribution < -0.4 is 5.32 Å². The van der Waals surface area contributed by atoms with Gasteiger partial charge < -0.3 is 5.32 Å². The quantitative estimate of drug-likeness (QED) is 0.920. The third-order valence-corrected chi connectivity index (χ3v) is 3.48. The summed E-state index contributed by atoms with van der Waals surface area (Å²) in [6.07, 6.45) is 1.71. The Labute approximate surface area is 110 Å². The molecule has 0 unspecified atom stereocenters. The Kier molecular flexibility index (Phi) is 4.04. The van der Waals surface area contributed by atoms with Gasteiger partial charge in [-0.15, -0.1) is 5.10 Å². The molecular formula is C13H15N3OS. The summed E-state index contributed by atoms with van der Waals surface area (Å²) in [5.74, 6) is -0.133. The number of nitrogens with zero attached hydrogens (tertiary/aromatic N) is 2. The van der Waals surface area contributed by atoms with Crippen molar-refractivity contribution in [3.63, 3.8) is 0 Å². The molecule has 4 nitrogen and oxygen atoms in total. The molecular weight excluding hydrogens is 246 g/mol. The second-order valence-corrected chi connectivity index (χ2v) is 4.66. The number of aryl methyl sites for hydroxylation is 2. The van der Waals surface area contributed by atoms with Crippen LogP contribution in [0.5, 0.6) is 0 Å². The number of rotatable bonds is 4. The van der Waals surface area contributed by atoms with E-state index < -0.39 is 0 Å². The molecule has 94 valence electrons. The van der Waals surface area contributed by atoms with Gasteiger partial charge in [0.1, 0.15) is 4.88 Å². The van der Waals surface area contributed by atoms with E-state index in [1.807, 2.05) is 31.2 Å². The predicted octanol–water partition coefficient (Wildman–Crippen LogP) is 2.92. The second-order valence-electron chi connectivity index (χ2n) is 3.91. The molecule has 2 aromatic rings. The SMILES string of the molecule is CCc1ccc(NC(=O)c2snnc2CC)cc1. The van der Waals surface area contributed by atoms with Crippen molar-refractivity contribution in [3.05, 3.63) is 40.4 Å². The molecule has 2 rings (SSSR count). The van der Waals surface area contributed by atoms with Crippen LogP contribution >= 0.6 is 11.5 Å².